The quantitative estimate of drug-likeness (QED) is 0.804. The molecule has 0 bridgehead atoms. The molecule has 0 radical (unpaired) electrons. The van der Waals surface area contributed by atoms with Crippen molar-refractivity contribution in [3.8, 4) is 0 Å². The number of aromatic nitrogens is 1. The van der Waals surface area contributed by atoms with Crippen LogP contribution in [0.2, 0.25) is 0 Å². The summed E-state index contributed by atoms with van der Waals surface area (Å²) >= 11 is 0. The molecule has 1 aromatic heterocycles. The van der Waals surface area contributed by atoms with Crippen molar-refractivity contribution in [2.24, 2.45) is 0 Å². The second-order valence-electron chi connectivity index (χ2n) is 4.36. The molecule has 0 spiro atoms. The lowest BCUT2D eigenvalue weighted by Crippen LogP contribution is -2.12. The fourth-order valence-corrected chi connectivity index (χ4v) is 3.03. The van der Waals surface area contributed by atoms with Crippen LogP contribution in [0.3, 0.4) is 0 Å². The standard InChI is InChI=1S/C15H12N2O2S/c18-20(19,15-4-2-1-3-5-15)17-14-7-6-13-11-16-9-8-12(13)10-14/h1-11,17H. The van der Waals surface area contributed by atoms with E-state index < -0.39 is 10.0 Å². The van der Waals surface area contributed by atoms with Crippen molar-refractivity contribution in [1.82, 2.24) is 4.98 Å². The second kappa shape index (κ2) is 4.94. The number of nitrogens with one attached hydrogen (secondary N) is 1. The molecule has 1 N–H and O–H groups in total. The first-order valence-electron chi connectivity index (χ1n) is 6.07. The highest BCUT2D eigenvalue weighted by Gasteiger charge is 2.13. The van der Waals surface area contributed by atoms with E-state index >= 15 is 0 Å². The zero-order valence-electron chi connectivity index (χ0n) is 10.5. The minimum Gasteiger partial charge on any atom is -0.280 e. The van der Waals surface area contributed by atoms with Crippen molar-refractivity contribution in [1.29, 1.82) is 0 Å². The maximum absolute atomic E-state index is 12.2. The first-order valence-corrected chi connectivity index (χ1v) is 7.55. The molecule has 4 nitrogen and oxygen atoms in total. The van der Waals surface area contributed by atoms with Crippen LogP contribution in [0.15, 0.2) is 71.9 Å². The molecule has 0 aliphatic carbocycles. The number of sulfonamides is 1. The Hall–Kier alpha value is -2.40. The molecule has 2 aromatic carbocycles. The van der Waals surface area contributed by atoms with Crippen LogP contribution in [-0.4, -0.2) is 13.4 Å². The molecular formula is C15H12N2O2S. The first-order chi connectivity index (χ1) is 9.65. The van der Waals surface area contributed by atoms with E-state index in [1.54, 1.807) is 54.9 Å². The molecule has 0 amide bonds. The van der Waals surface area contributed by atoms with E-state index in [0.29, 0.717) is 5.69 Å². The third kappa shape index (κ3) is 2.48. The lowest BCUT2D eigenvalue weighted by molar-refractivity contribution is 0.601. The van der Waals surface area contributed by atoms with Gasteiger partial charge in [0.1, 0.15) is 0 Å². The summed E-state index contributed by atoms with van der Waals surface area (Å²) in [5.41, 5.74) is 0.535. The van der Waals surface area contributed by atoms with Gasteiger partial charge in [-0.2, -0.15) is 0 Å². The third-order valence-corrected chi connectivity index (χ3v) is 4.34. The van der Waals surface area contributed by atoms with E-state index in [-0.39, 0.29) is 4.90 Å². The van der Waals surface area contributed by atoms with E-state index in [0.717, 1.165) is 10.8 Å². The van der Waals surface area contributed by atoms with Gasteiger partial charge in [0.2, 0.25) is 0 Å². The summed E-state index contributed by atoms with van der Waals surface area (Å²) in [6, 6.07) is 15.5. The van der Waals surface area contributed by atoms with E-state index in [1.807, 2.05) is 12.1 Å². The molecule has 5 heteroatoms. The Balaban J connectivity index is 1.97. The number of hydrogen-bond donors (Lipinski definition) is 1. The molecule has 100 valence electrons. The maximum atomic E-state index is 12.2. The van der Waals surface area contributed by atoms with Crippen LogP contribution < -0.4 is 4.72 Å². The van der Waals surface area contributed by atoms with Gasteiger partial charge in [0.15, 0.2) is 0 Å². The Morgan fingerprint density at radius 2 is 1.70 bits per heavy atom. The second-order valence-corrected chi connectivity index (χ2v) is 6.04. The minimum atomic E-state index is -3.55. The zero-order valence-corrected chi connectivity index (χ0v) is 11.3. The van der Waals surface area contributed by atoms with Crippen molar-refractivity contribution in [2.75, 3.05) is 4.72 Å². The number of nitrogens with zero attached hydrogens (tertiary/aromatic N) is 1. The lowest BCUT2D eigenvalue weighted by atomic mass is 10.2. The largest absolute Gasteiger partial charge is 0.280 e. The van der Waals surface area contributed by atoms with Crippen molar-refractivity contribution >= 4 is 26.5 Å². The lowest BCUT2D eigenvalue weighted by Gasteiger charge is -2.08. The maximum Gasteiger partial charge on any atom is 0.261 e. The fourth-order valence-electron chi connectivity index (χ4n) is 1.96. The number of fused-ring (bicyclic) bond motifs is 1. The van der Waals surface area contributed by atoms with Crippen LogP contribution >= 0.6 is 0 Å². The Bertz CT molecular complexity index is 846. The third-order valence-electron chi connectivity index (χ3n) is 2.95. The number of rotatable bonds is 3. The average molecular weight is 284 g/mol. The fraction of sp³-hybridized carbons (Fsp3) is 0. The predicted octanol–water partition coefficient (Wildman–Crippen LogP) is 3.04. The molecule has 0 aliphatic rings. The first kappa shape index (κ1) is 12.6. The SMILES string of the molecule is O=S(=O)(Nc1ccc2cnccc2c1)c1ccccc1. The predicted molar refractivity (Wildman–Crippen MR) is 79.0 cm³/mol. The Morgan fingerprint density at radius 3 is 2.50 bits per heavy atom. The van der Waals surface area contributed by atoms with Crippen molar-refractivity contribution in [3.05, 3.63) is 67.0 Å². The van der Waals surface area contributed by atoms with Crippen LogP contribution in [0.1, 0.15) is 0 Å². The molecular weight excluding hydrogens is 272 g/mol. The molecule has 1 heterocycles. The number of pyridine rings is 1. The van der Waals surface area contributed by atoms with Gasteiger partial charge in [0, 0.05) is 23.5 Å². The van der Waals surface area contributed by atoms with Crippen LogP contribution in [0, 0.1) is 0 Å². The monoisotopic (exact) mass is 284 g/mol. The summed E-state index contributed by atoms with van der Waals surface area (Å²) in [4.78, 5) is 4.27. The summed E-state index contributed by atoms with van der Waals surface area (Å²) < 4.78 is 27.0. The Morgan fingerprint density at radius 1 is 0.900 bits per heavy atom. The van der Waals surface area contributed by atoms with Gasteiger partial charge in [-0.05, 0) is 35.7 Å². The van der Waals surface area contributed by atoms with E-state index in [9.17, 15) is 8.42 Å². The molecule has 0 unspecified atom stereocenters. The molecule has 0 atom stereocenters. The van der Waals surface area contributed by atoms with Gasteiger partial charge < -0.3 is 0 Å². The molecule has 0 aliphatic heterocycles. The van der Waals surface area contributed by atoms with E-state index in [4.69, 9.17) is 0 Å². The highest BCUT2D eigenvalue weighted by Crippen LogP contribution is 2.20. The topological polar surface area (TPSA) is 59.1 Å². The van der Waals surface area contributed by atoms with Gasteiger partial charge >= 0.3 is 0 Å². The Labute approximate surface area is 117 Å². The normalized spacial score (nSPS) is 11.4. The Kier molecular flexibility index (Phi) is 3.12. The molecule has 3 rings (SSSR count). The summed E-state index contributed by atoms with van der Waals surface area (Å²) in [5.74, 6) is 0. The number of benzene rings is 2. The van der Waals surface area contributed by atoms with Crippen LogP contribution in [0.25, 0.3) is 10.8 Å². The molecule has 0 fully saturated rings. The van der Waals surface area contributed by atoms with Crippen LogP contribution in [-0.2, 0) is 10.0 Å². The van der Waals surface area contributed by atoms with Gasteiger partial charge in [0.25, 0.3) is 10.0 Å². The van der Waals surface area contributed by atoms with Gasteiger partial charge in [-0.15, -0.1) is 0 Å². The summed E-state index contributed by atoms with van der Waals surface area (Å²) in [6.07, 6.45) is 3.42. The highest BCUT2D eigenvalue weighted by atomic mass is 32.2. The molecule has 0 saturated carbocycles. The van der Waals surface area contributed by atoms with Crippen molar-refractivity contribution < 1.29 is 8.42 Å². The molecule has 0 saturated heterocycles. The minimum absolute atomic E-state index is 0.245. The van der Waals surface area contributed by atoms with Crippen LogP contribution in [0.4, 0.5) is 5.69 Å². The van der Waals surface area contributed by atoms with Gasteiger partial charge in [-0.1, -0.05) is 24.3 Å². The number of anilines is 1. The average Bonchev–Trinajstić information content (AvgIpc) is 2.48. The molecule has 3 aromatic rings. The van der Waals surface area contributed by atoms with Crippen molar-refractivity contribution in [2.45, 2.75) is 4.90 Å². The number of hydrogen-bond acceptors (Lipinski definition) is 3. The van der Waals surface area contributed by atoms with Crippen LogP contribution in [0.5, 0.6) is 0 Å². The van der Waals surface area contributed by atoms with Crippen molar-refractivity contribution in [3.63, 3.8) is 0 Å². The summed E-state index contributed by atoms with van der Waals surface area (Å²) in [7, 11) is -3.55. The highest BCUT2D eigenvalue weighted by molar-refractivity contribution is 7.92. The smallest absolute Gasteiger partial charge is 0.261 e. The van der Waals surface area contributed by atoms with Gasteiger partial charge in [-0.25, -0.2) is 8.42 Å². The van der Waals surface area contributed by atoms with E-state index in [2.05, 4.69) is 9.71 Å². The van der Waals surface area contributed by atoms with E-state index in [1.165, 1.54) is 0 Å². The van der Waals surface area contributed by atoms with Gasteiger partial charge in [0.05, 0.1) is 4.90 Å². The van der Waals surface area contributed by atoms with Gasteiger partial charge in [-0.3, -0.25) is 9.71 Å². The molecule has 20 heavy (non-hydrogen) atoms. The summed E-state index contributed by atoms with van der Waals surface area (Å²) in [5, 5.41) is 1.91. The zero-order chi connectivity index (χ0) is 14.0. The summed E-state index contributed by atoms with van der Waals surface area (Å²) in [6.45, 7) is 0.